The maximum absolute atomic E-state index is 5.03. The second-order valence-corrected chi connectivity index (χ2v) is 6.53. The van der Waals surface area contributed by atoms with Gasteiger partial charge in [0, 0.05) is 12.4 Å². The molecule has 0 amide bonds. The lowest BCUT2D eigenvalue weighted by molar-refractivity contribution is 0.974. The Balaban J connectivity index is 1.91. The van der Waals surface area contributed by atoms with Crippen molar-refractivity contribution in [3.8, 4) is 0 Å². The summed E-state index contributed by atoms with van der Waals surface area (Å²) < 4.78 is 2.00. The van der Waals surface area contributed by atoms with Crippen LogP contribution in [-0.4, -0.2) is 15.4 Å². The average Bonchev–Trinajstić information content (AvgIpc) is 3.25. The third-order valence-corrected chi connectivity index (χ3v) is 4.57. The van der Waals surface area contributed by atoms with Gasteiger partial charge in [0.25, 0.3) is 0 Å². The third kappa shape index (κ3) is 3.87. The minimum Gasteiger partial charge on any atom is -0.293 e. The van der Waals surface area contributed by atoms with E-state index in [9.17, 15) is 0 Å². The highest BCUT2D eigenvalue weighted by Gasteiger charge is 2.22. The van der Waals surface area contributed by atoms with E-state index in [0.29, 0.717) is 0 Å². The van der Waals surface area contributed by atoms with Crippen molar-refractivity contribution in [1.82, 2.24) is 9.55 Å². The van der Waals surface area contributed by atoms with E-state index in [1.54, 1.807) is 6.20 Å². The fraction of sp³-hybridized carbons (Fsp3) is 0.0833. The topological polar surface area (TPSA) is 30.2 Å². The van der Waals surface area contributed by atoms with Gasteiger partial charge in [-0.15, -0.1) is 0 Å². The Labute approximate surface area is 159 Å². The first-order valence-electron chi connectivity index (χ1n) is 9.05. The predicted molar refractivity (Wildman–Crippen MR) is 111 cm³/mol. The van der Waals surface area contributed by atoms with E-state index < -0.39 is 0 Å². The molecule has 0 aliphatic heterocycles. The van der Waals surface area contributed by atoms with Gasteiger partial charge in [-0.05, 0) is 30.2 Å². The van der Waals surface area contributed by atoms with Gasteiger partial charge in [0.2, 0.25) is 0 Å². The van der Waals surface area contributed by atoms with Crippen molar-refractivity contribution >= 4 is 11.5 Å². The summed E-state index contributed by atoms with van der Waals surface area (Å²) in [7, 11) is 0. The van der Waals surface area contributed by atoms with Crippen LogP contribution in [0.2, 0.25) is 0 Å². The molecule has 0 fully saturated rings. The Hall–Kier alpha value is -3.46. The molecule has 0 unspecified atom stereocenters. The van der Waals surface area contributed by atoms with Crippen molar-refractivity contribution < 1.29 is 0 Å². The van der Waals surface area contributed by atoms with Crippen molar-refractivity contribution in [3.05, 3.63) is 120 Å². The Morgan fingerprint density at radius 2 is 1.41 bits per heavy atom. The molecule has 0 aliphatic carbocycles. The zero-order chi connectivity index (χ0) is 18.5. The van der Waals surface area contributed by atoms with Crippen molar-refractivity contribution in [1.29, 1.82) is 0 Å². The summed E-state index contributed by atoms with van der Waals surface area (Å²) in [6.45, 7) is 2.08. The van der Waals surface area contributed by atoms with Gasteiger partial charge >= 0.3 is 0 Å². The first-order chi connectivity index (χ1) is 13.3. The predicted octanol–water partition coefficient (Wildman–Crippen LogP) is 5.60. The highest BCUT2D eigenvalue weighted by molar-refractivity contribution is 5.95. The molecule has 0 spiro atoms. The molecule has 0 aliphatic rings. The second-order valence-electron chi connectivity index (χ2n) is 6.53. The molecule has 1 aromatic heterocycles. The molecular formula is C24H21N3. The van der Waals surface area contributed by atoms with E-state index in [1.807, 2.05) is 29.2 Å². The van der Waals surface area contributed by atoms with Gasteiger partial charge in [-0.25, -0.2) is 9.98 Å². The van der Waals surface area contributed by atoms with Crippen LogP contribution in [0.1, 0.15) is 22.6 Å². The normalized spacial score (nSPS) is 11.7. The highest BCUT2D eigenvalue weighted by Crippen LogP contribution is 2.29. The number of benzene rings is 3. The number of nitrogens with zero attached hydrogens (tertiary/aromatic N) is 3. The molecule has 0 saturated heterocycles. The standard InChI is InChI=1S/C24H21N3/c1-19-12-14-22(15-13-19)26-24(27-17-16-25-18-27)23(20-8-4-2-5-9-20)21-10-6-3-7-11-21/h2-18,23H,1H3. The molecule has 0 radical (unpaired) electrons. The minimum absolute atomic E-state index is 0.00269. The number of aromatic nitrogens is 2. The molecular weight excluding hydrogens is 330 g/mol. The highest BCUT2D eigenvalue weighted by atomic mass is 15.1. The number of hydrogen-bond acceptors (Lipinski definition) is 2. The number of hydrogen-bond donors (Lipinski definition) is 0. The molecule has 0 N–H and O–H groups in total. The third-order valence-electron chi connectivity index (χ3n) is 4.57. The summed E-state index contributed by atoms with van der Waals surface area (Å²) in [5.41, 5.74) is 4.55. The van der Waals surface area contributed by atoms with Crippen molar-refractivity contribution in [2.75, 3.05) is 0 Å². The molecule has 1 heterocycles. The largest absolute Gasteiger partial charge is 0.293 e. The molecule has 3 nitrogen and oxygen atoms in total. The first kappa shape index (κ1) is 17.0. The Bertz CT molecular complexity index is 963. The summed E-state index contributed by atoms with van der Waals surface area (Å²) in [6, 6.07) is 29.3. The monoisotopic (exact) mass is 351 g/mol. The van der Waals surface area contributed by atoms with Crippen LogP contribution in [0.5, 0.6) is 0 Å². The van der Waals surface area contributed by atoms with Crippen LogP contribution in [0.4, 0.5) is 5.69 Å². The van der Waals surface area contributed by atoms with Gasteiger partial charge in [-0.1, -0.05) is 78.4 Å². The lowest BCUT2D eigenvalue weighted by atomic mass is 9.90. The van der Waals surface area contributed by atoms with E-state index in [0.717, 1.165) is 11.5 Å². The lowest BCUT2D eigenvalue weighted by Gasteiger charge is -2.21. The quantitative estimate of drug-likeness (QED) is 0.347. The van der Waals surface area contributed by atoms with E-state index in [-0.39, 0.29) is 5.92 Å². The fourth-order valence-electron chi connectivity index (χ4n) is 3.20. The lowest BCUT2D eigenvalue weighted by Crippen LogP contribution is -2.21. The van der Waals surface area contributed by atoms with Crippen molar-refractivity contribution in [2.45, 2.75) is 12.8 Å². The summed E-state index contributed by atoms with van der Waals surface area (Å²) in [5, 5.41) is 0. The molecule has 4 rings (SSSR count). The van der Waals surface area contributed by atoms with E-state index >= 15 is 0 Å². The fourth-order valence-corrected chi connectivity index (χ4v) is 3.20. The number of rotatable bonds is 4. The van der Waals surface area contributed by atoms with E-state index in [1.165, 1.54) is 16.7 Å². The van der Waals surface area contributed by atoms with Gasteiger partial charge in [0.1, 0.15) is 12.2 Å². The molecule has 0 atom stereocenters. The Morgan fingerprint density at radius 1 is 0.815 bits per heavy atom. The molecule has 4 aromatic rings. The van der Waals surface area contributed by atoms with Crippen molar-refractivity contribution in [3.63, 3.8) is 0 Å². The SMILES string of the molecule is Cc1ccc(N=C(C(c2ccccc2)c2ccccc2)n2ccnc2)cc1. The van der Waals surface area contributed by atoms with Crippen molar-refractivity contribution in [2.24, 2.45) is 4.99 Å². The zero-order valence-corrected chi connectivity index (χ0v) is 15.2. The Kier molecular flexibility index (Phi) is 4.93. The van der Waals surface area contributed by atoms with Gasteiger partial charge in [0.15, 0.2) is 0 Å². The average molecular weight is 351 g/mol. The van der Waals surface area contributed by atoms with Gasteiger partial charge in [-0.3, -0.25) is 4.57 Å². The molecule has 132 valence electrons. The molecule has 0 saturated carbocycles. The van der Waals surface area contributed by atoms with Gasteiger partial charge < -0.3 is 0 Å². The van der Waals surface area contributed by atoms with E-state index in [2.05, 4.69) is 84.7 Å². The van der Waals surface area contributed by atoms with Crippen LogP contribution in [0.3, 0.4) is 0 Å². The summed E-state index contributed by atoms with van der Waals surface area (Å²) in [6.07, 6.45) is 5.55. The number of aryl methyl sites for hydroxylation is 1. The summed E-state index contributed by atoms with van der Waals surface area (Å²) in [5.74, 6) is 0.927. The van der Waals surface area contributed by atoms with E-state index in [4.69, 9.17) is 4.99 Å². The molecule has 27 heavy (non-hydrogen) atoms. The summed E-state index contributed by atoms with van der Waals surface area (Å²) >= 11 is 0. The maximum atomic E-state index is 5.03. The maximum Gasteiger partial charge on any atom is 0.126 e. The molecule has 0 bridgehead atoms. The molecule has 3 heteroatoms. The van der Waals surface area contributed by atoms with Crippen LogP contribution < -0.4 is 0 Å². The smallest absolute Gasteiger partial charge is 0.126 e. The molecule has 3 aromatic carbocycles. The van der Waals surface area contributed by atoms with Crippen LogP contribution in [0, 0.1) is 6.92 Å². The number of imidazole rings is 1. The van der Waals surface area contributed by atoms with Crippen LogP contribution >= 0.6 is 0 Å². The van der Waals surface area contributed by atoms with Gasteiger partial charge in [-0.2, -0.15) is 0 Å². The Morgan fingerprint density at radius 3 is 1.93 bits per heavy atom. The second kappa shape index (κ2) is 7.83. The zero-order valence-electron chi connectivity index (χ0n) is 15.2. The van der Waals surface area contributed by atoms with Crippen LogP contribution in [0.15, 0.2) is 109 Å². The van der Waals surface area contributed by atoms with Crippen LogP contribution in [0.25, 0.3) is 0 Å². The number of aliphatic imine (C=N–C) groups is 1. The minimum atomic E-state index is 0.00269. The summed E-state index contributed by atoms with van der Waals surface area (Å²) in [4.78, 5) is 9.29. The van der Waals surface area contributed by atoms with Crippen LogP contribution in [-0.2, 0) is 0 Å². The first-order valence-corrected chi connectivity index (χ1v) is 9.05. The van der Waals surface area contributed by atoms with Gasteiger partial charge in [0.05, 0.1) is 11.6 Å².